The second-order valence-electron chi connectivity index (χ2n) is 8.24. The van der Waals surface area contributed by atoms with Gasteiger partial charge < -0.3 is 19.0 Å². The molecule has 0 unspecified atom stereocenters. The van der Waals surface area contributed by atoms with E-state index in [2.05, 4.69) is 24.1 Å². The summed E-state index contributed by atoms with van der Waals surface area (Å²) < 4.78 is 17.2. The number of rotatable bonds is 14. The first-order valence-electron chi connectivity index (χ1n) is 11.0. The molecule has 168 valence electrons. The van der Waals surface area contributed by atoms with Gasteiger partial charge in [-0.2, -0.15) is 0 Å². The van der Waals surface area contributed by atoms with Crippen LogP contribution < -0.4 is 9.47 Å². The van der Waals surface area contributed by atoms with Crippen LogP contribution in [0, 0.1) is 0 Å². The lowest BCUT2D eigenvalue weighted by Crippen LogP contribution is -2.26. The standard InChI is InChI=1S/C26H35NO4/c1-5-7-16-26(28,17-8-6-2)24-15-14-22(31-24)19-27(21-12-13-21)18-20-10-9-11-23(29-3)25(20)30-4/h5-6,9-11,14-15,21,28H,1-2,7-8,12-13,16-19H2,3-4H3. The third-order valence-electron chi connectivity index (χ3n) is 5.92. The maximum atomic E-state index is 11.2. The molecule has 2 aromatic rings. The maximum Gasteiger partial charge on any atom is 0.165 e. The van der Waals surface area contributed by atoms with Crippen LogP contribution in [-0.4, -0.2) is 30.3 Å². The van der Waals surface area contributed by atoms with Gasteiger partial charge >= 0.3 is 0 Å². The van der Waals surface area contributed by atoms with Gasteiger partial charge in [0.2, 0.25) is 0 Å². The molecule has 31 heavy (non-hydrogen) atoms. The number of methoxy groups -OCH3 is 2. The summed E-state index contributed by atoms with van der Waals surface area (Å²) in [6.07, 6.45) is 8.67. The van der Waals surface area contributed by atoms with Crippen LogP contribution >= 0.6 is 0 Å². The summed E-state index contributed by atoms with van der Waals surface area (Å²) in [7, 11) is 3.33. The van der Waals surface area contributed by atoms with Gasteiger partial charge in [-0.25, -0.2) is 0 Å². The van der Waals surface area contributed by atoms with Crippen LogP contribution in [0.3, 0.4) is 0 Å². The van der Waals surface area contributed by atoms with Crippen molar-refractivity contribution in [3.05, 3.63) is 72.7 Å². The van der Waals surface area contributed by atoms with E-state index in [0.29, 0.717) is 31.2 Å². The van der Waals surface area contributed by atoms with Crippen molar-refractivity contribution in [1.82, 2.24) is 4.90 Å². The first-order valence-corrected chi connectivity index (χ1v) is 11.0. The van der Waals surface area contributed by atoms with Crippen molar-refractivity contribution in [3.8, 4) is 11.5 Å². The van der Waals surface area contributed by atoms with Crippen molar-refractivity contribution in [1.29, 1.82) is 0 Å². The summed E-state index contributed by atoms with van der Waals surface area (Å²) in [4.78, 5) is 2.41. The van der Waals surface area contributed by atoms with Gasteiger partial charge in [0, 0.05) is 18.2 Å². The van der Waals surface area contributed by atoms with E-state index in [4.69, 9.17) is 13.9 Å². The Bertz CT molecular complexity index is 856. The first-order chi connectivity index (χ1) is 15.0. The fourth-order valence-corrected chi connectivity index (χ4v) is 4.02. The molecular weight excluding hydrogens is 390 g/mol. The van der Waals surface area contributed by atoms with Crippen molar-refractivity contribution < 1.29 is 19.0 Å². The van der Waals surface area contributed by atoms with Crippen LogP contribution in [0.15, 0.2) is 60.1 Å². The molecule has 1 aromatic carbocycles. The largest absolute Gasteiger partial charge is 0.493 e. The molecular formula is C26H35NO4. The summed E-state index contributed by atoms with van der Waals surface area (Å²) in [6.45, 7) is 9.01. The minimum absolute atomic E-state index is 0.532. The van der Waals surface area contributed by atoms with Gasteiger partial charge in [-0.05, 0) is 56.7 Å². The van der Waals surface area contributed by atoms with E-state index < -0.39 is 5.60 Å². The van der Waals surface area contributed by atoms with Crippen LogP contribution in [-0.2, 0) is 18.7 Å². The molecule has 5 heteroatoms. The Hall–Kier alpha value is -2.50. The molecule has 1 heterocycles. The summed E-state index contributed by atoms with van der Waals surface area (Å²) in [6, 6.07) is 10.4. The lowest BCUT2D eigenvalue weighted by atomic mass is 9.89. The number of para-hydroxylation sites is 1. The summed E-state index contributed by atoms with van der Waals surface area (Å²) in [5, 5.41) is 11.2. The van der Waals surface area contributed by atoms with Crippen molar-refractivity contribution in [2.75, 3.05) is 14.2 Å². The molecule has 1 N–H and O–H groups in total. The number of allylic oxidation sites excluding steroid dienone is 2. The fraction of sp³-hybridized carbons (Fsp3) is 0.462. The number of aliphatic hydroxyl groups is 1. The van der Waals surface area contributed by atoms with Crippen molar-refractivity contribution >= 4 is 0 Å². The second-order valence-corrected chi connectivity index (χ2v) is 8.24. The Balaban J connectivity index is 1.77. The van der Waals surface area contributed by atoms with E-state index in [1.807, 2.05) is 36.4 Å². The molecule has 0 atom stereocenters. The predicted octanol–water partition coefficient (Wildman–Crippen LogP) is 5.58. The van der Waals surface area contributed by atoms with E-state index in [9.17, 15) is 5.11 Å². The van der Waals surface area contributed by atoms with Gasteiger partial charge in [-0.3, -0.25) is 4.90 Å². The minimum Gasteiger partial charge on any atom is -0.493 e. The average Bonchev–Trinajstić information content (AvgIpc) is 3.53. The molecule has 1 saturated carbocycles. The van der Waals surface area contributed by atoms with Crippen molar-refractivity contribution in [3.63, 3.8) is 0 Å². The molecule has 0 amide bonds. The molecule has 0 bridgehead atoms. The fourth-order valence-electron chi connectivity index (χ4n) is 4.02. The lowest BCUT2D eigenvalue weighted by Gasteiger charge is -2.26. The van der Waals surface area contributed by atoms with E-state index in [0.717, 1.165) is 42.2 Å². The average molecular weight is 426 g/mol. The zero-order valence-electron chi connectivity index (χ0n) is 18.8. The highest BCUT2D eigenvalue weighted by atomic mass is 16.5. The van der Waals surface area contributed by atoms with Gasteiger partial charge in [-0.1, -0.05) is 24.3 Å². The molecule has 1 aromatic heterocycles. The Morgan fingerprint density at radius 1 is 1.06 bits per heavy atom. The number of ether oxygens (including phenoxy) is 2. The molecule has 3 rings (SSSR count). The minimum atomic E-state index is -0.999. The number of nitrogens with zero attached hydrogens (tertiary/aromatic N) is 1. The number of hydrogen-bond acceptors (Lipinski definition) is 5. The van der Waals surface area contributed by atoms with Crippen LogP contribution in [0.25, 0.3) is 0 Å². The van der Waals surface area contributed by atoms with E-state index in [1.165, 1.54) is 12.8 Å². The third-order valence-corrected chi connectivity index (χ3v) is 5.92. The summed E-state index contributed by atoms with van der Waals surface area (Å²) in [5.41, 5.74) is 0.0927. The van der Waals surface area contributed by atoms with Gasteiger partial charge in [0.15, 0.2) is 11.5 Å². The monoisotopic (exact) mass is 425 g/mol. The van der Waals surface area contributed by atoms with Gasteiger partial charge in [0.05, 0.1) is 20.8 Å². The SMILES string of the molecule is C=CCCC(O)(CCC=C)c1ccc(CN(Cc2cccc(OC)c2OC)C2CC2)o1. The Morgan fingerprint density at radius 2 is 1.77 bits per heavy atom. The highest BCUT2D eigenvalue weighted by molar-refractivity contribution is 5.46. The van der Waals surface area contributed by atoms with Crippen LogP contribution in [0.1, 0.15) is 55.6 Å². The van der Waals surface area contributed by atoms with Crippen LogP contribution in [0.4, 0.5) is 0 Å². The molecule has 0 saturated heterocycles. The third kappa shape index (κ3) is 5.81. The molecule has 0 spiro atoms. The topological polar surface area (TPSA) is 55.1 Å². The molecule has 5 nitrogen and oxygen atoms in total. The number of hydrogen-bond donors (Lipinski definition) is 1. The van der Waals surface area contributed by atoms with Crippen LogP contribution in [0.5, 0.6) is 11.5 Å². The highest BCUT2D eigenvalue weighted by Gasteiger charge is 2.33. The van der Waals surface area contributed by atoms with Crippen molar-refractivity contribution in [2.24, 2.45) is 0 Å². The summed E-state index contributed by atoms with van der Waals surface area (Å²) >= 11 is 0. The summed E-state index contributed by atoms with van der Waals surface area (Å²) in [5.74, 6) is 3.00. The van der Waals surface area contributed by atoms with Crippen LogP contribution in [0.2, 0.25) is 0 Å². The first kappa shape index (κ1) is 23.2. The molecule has 0 aliphatic heterocycles. The zero-order valence-corrected chi connectivity index (χ0v) is 18.8. The Morgan fingerprint density at radius 3 is 2.35 bits per heavy atom. The normalized spacial score (nSPS) is 13.9. The van der Waals surface area contributed by atoms with E-state index in [-0.39, 0.29) is 0 Å². The quantitative estimate of drug-likeness (QED) is 0.400. The Labute approximate surface area is 186 Å². The number of furan rings is 1. The Kier molecular flexibility index (Phi) is 7.99. The lowest BCUT2D eigenvalue weighted by molar-refractivity contribution is -0.00219. The van der Waals surface area contributed by atoms with Crippen molar-refractivity contribution in [2.45, 2.75) is 63.3 Å². The van der Waals surface area contributed by atoms with E-state index >= 15 is 0 Å². The van der Waals surface area contributed by atoms with Gasteiger partial charge in [0.25, 0.3) is 0 Å². The second kappa shape index (κ2) is 10.7. The number of benzene rings is 1. The maximum absolute atomic E-state index is 11.2. The predicted molar refractivity (Wildman–Crippen MR) is 123 cm³/mol. The molecule has 1 aliphatic rings. The smallest absolute Gasteiger partial charge is 0.165 e. The molecule has 0 radical (unpaired) electrons. The zero-order chi connectivity index (χ0) is 22.3. The van der Waals surface area contributed by atoms with Gasteiger partial charge in [-0.15, -0.1) is 13.2 Å². The molecule has 1 aliphatic carbocycles. The van der Waals surface area contributed by atoms with E-state index in [1.54, 1.807) is 14.2 Å². The highest BCUT2D eigenvalue weighted by Crippen LogP contribution is 2.37. The van der Waals surface area contributed by atoms with Gasteiger partial charge in [0.1, 0.15) is 17.1 Å². The molecule has 1 fully saturated rings.